The van der Waals surface area contributed by atoms with Crippen LogP contribution in [-0.2, 0) is 24.9 Å². The van der Waals surface area contributed by atoms with Crippen molar-refractivity contribution < 1.29 is 30.0 Å². The number of allylic oxidation sites excluding steroid dienone is 2. The van der Waals surface area contributed by atoms with Gasteiger partial charge in [0, 0.05) is 32.4 Å². The van der Waals surface area contributed by atoms with E-state index >= 15 is 0 Å². The topological polar surface area (TPSA) is 50.2 Å². The van der Waals surface area contributed by atoms with E-state index in [1.54, 1.807) is 5.56 Å². The number of rotatable bonds is 3. The van der Waals surface area contributed by atoms with Crippen LogP contribution in [0.4, 0.5) is 0 Å². The van der Waals surface area contributed by atoms with Gasteiger partial charge in [-0.25, -0.2) is 0 Å². The maximum atomic E-state index is 10.0. The SMILES string of the molecule is CC(=O)/C=C(/C)O.Cc1[c-]c(-c2nccc3ccc(C4C5CC6CC(C5)CC4C6)cc23)cc(C)c1.[Ir]. The number of pyridine rings is 1. The van der Waals surface area contributed by atoms with Crippen LogP contribution < -0.4 is 0 Å². The molecule has 4 aliphatic rings. The van der Waals surface area contributed by atoms with Gasteiger partial charge in [-0.05, 0) is 104 Å². The van der Waals surface area contributed by atoms with Crippen molar-refractivity contribution in [3.05, 3.63) is 77.2 Å². The molecule has 3 nitrogen and oxygen atoms in total. The number of ketones is 1. The maximum Gasteiger partial charge on any atom is 0.155 e. The predicted octanol–water partition coefficient (Wildman–Crippen LogP) is 7.89. The van der Waals surface area contributed by atoms with Gasteiger partial charge in [0.25, 0.3) is 0 Å². The largest absolute Gasteiger partial charge is 0.512 e. The molecule has 4 aliphatic carbocycles. The van der Waals surface area contributed by atoms with E-state index in [0.717, 1.165) is 40.8 Å². The van der Waals surface area contributed by atoms with E-state index in [-0.39, 0.29) is 31.6 Å². The maximum absolute atomic E-state index is 10.0. The Morgan fingerprint density at radius 3 is 2.19 bits per heavy atom. The fraction of sp³-hybridized carbons (Fsp3) is 0.438. The van der Waals surface area contributed by atoms with Crippen LogP contribution in [-0.4, -0.2) is 15.9 Å². The number of hydrogen-bond donors (Lipinski definition) is 1. The number of nitrogens with zero attached hydrogens (tertiary/aromatic N) is 1. The molecule has 1 N–H and O–H groups in total. The van der Waals surface area contributed by atoms with Crippen LogP contribution in [0.1, 0.15) is 68.6 Å². The van der Waals surface area contributed by atoms with Crippen molar-refractivity contribution >= 4 is 16.6 Å². The molecule has 7 rings (SSSR count). The zero-order valence-electron chi connectivity index (χ0n) is 21.7. The molecule has 191 valence electrons. The Hall–Kier alpha value is -2.29. The molecule has 0 spiro atoms. The number of aromatic nitrogens is 1. The van der Waals surface area contributed by atoms with Gasteiger partial charge in [-0.1, -0.05) is 32.0 Å². The zero-order valence-corrected chi connectivity index (χ0v) is 24.1. The average Bonchev–Trinajstić information content (AvgIpc) is 2.77. The average molecular weight is 659 g/mol. The minimum absolute atomic E-state index is 0. The van der Waals surface area contributed by atoms with E-state index in [1.807, 2.05) is 6.20 Å². The number of carbonyl (C=O) groups excluding carboxylic acids is 1. The molecule has 0 atom stereocenters. The number of fused-ring (bicyclic) bond motifs is 1. The first kappa shape index (κ1) is 26.8. The van der Waals surface area contributed by atoms with Gasteiger partial charge in [0.15, 0.2) is 5.78 Å². The molecule has 3 aromatic rings. The van der Waals surface area contributed by atoms with Crippen molar-refractivity contribution in [1.82, 2.24) is 4.98 Å². The van der Waals surface area contributed by atoms with Crippen molar-refractivity contribution in [2.24, 2.45) is 23.7 Å². The number of hydrogen-bond acceptors (Lipinski definition) is 3. The third-order valence-corrected chi connectivity index (χ3v) is 8.22. The summed E-state index contributed by atoms with van der Waals surface area (Å²) in [4.78, 5) is 14.8. The summed E-state index contributed by atoms with van der Waals surface area (Å²) in [6.45, 7) is 7.14. The number of aryl methyl sites for hydroxylation is 2. The summed E-state index contributed by atoms with van der Waals surface area (Å²) in [5, 5.41) is 11.0. The molecule has 0 amide bonds. The van der Waals surface area contributed by atoms with E-state index in [2.05, 4.69) is 56.3 Å². The summed E-state index contributed by atoms with van der Waals surface area (Å²) in [7, 11) is 0. The molecule has 4 bridgehead atoms. The Labute approximate surface area is 228 Å². The predicted molar refractivity (Wildman–Crippen MR) is 142 cm³/mol. The molecule has 0 aliphatic heterocycles. The summed E-state index contributed by atoms with van der Waals surface area (Å²) < 4.78 is 0. The van der Waals surface area contributed by atoms with Gasteiger partial charge in [-0.3, -0.25) is 4.79 Å². The first-order valence-electron chi connectivity index (χ1n) is 13.0. The van der Waals surface area contributed by atoms with E-state index in [1.165, 1.54) is 73.9 Å². The van der Waals surface area contributed by atoms with Gasteiger partial charge < -0.3 is 10.1 Å². The number of aliphatic hydroxyl groups is 1. The van der Waals surface area contributed by atoms with Gasteiger partial charge >= 0.3 is 0 Å². The van der Waals surface area contributed by atoms with E-state index in [0.29, 0.717) is 0 Å². The summed E-state index contributed by atoms with van der Waals surface area (Å²) in [6, 6.07) is 17.4. The van der Waals surface area contributed by atoms with E-state index in [4.69, 9.17) is 10.1 Å². The fourth-order valence-electron chi connectivity index (χ4n) is 7.39. The van der Waals surface area contributed by atoms with Crippen molar-refractivity contribution in [2.45, 2.75) is 65.7 Å². The minimum atomic E-state index is -0.125. The van der Waals surface area contributed by atoms with Crippen LogP contribution in [0.3, 0.4) is 0 Å². The van der Waals surface area contributed by atoms with E-state index in [9.17, 15) is 4.79 Å². The molecule has 36 heavy (non-hydrogen) atoms. The number of aliphatic hydroxyl groups excluding tert-OH is 1. The van der Waals surface area contributed by atoms with Crippen LogP contribution in [0.2, 0.25) is 0 Å². The summed E-state index contributed by atoms with van der Waals surface area (Å²) in [6.07, 6.45) is 10.5. The fourth-order valence-corrected chi connectivity index (χ4v) is 7.39. The molecular formula is C32H36IrNO2-. The van der Waals surface area contributed by atoms with Crippen molar-refractivity contribution in [1.29, 1.82) is 0 Å². The minimum Gasteiger partial charge on any atom is -0.512 e. The zero-order chi connectivity index (χ0) is 24.7. The molecular weight excluding hydrogens is 623 g/mol. The van der Waals surface area contributed by atoms with Gasteiger partial charge in [0.2, 0.25) is 0 Å². The molecule has 1 aromatic heterocycles. The van der Waals surface area contributed by atoms with Gasteiger partial charge in [-0.15, -0.1) is 34.9 Å². The van der Waals surface area contributed by atoms with Crippen molar-refractivity contribution in [3.63, 3.8) is 0 Å². The number of carbonyl (C=O) groups is 1. The molecule has 4 fully saturated rings. The summed E-state index contributed by atoms with van der Waals surface area (Å²) >= 11 is 0. The summed E-state index contributed by atoms with van der Waals surface area (Å²) in [5.41, 5.74) is 6.26. The Morgan fingerprint density at radius 2 is 1.64 bits per heavy atom. The van der Waals surface area contributed by atoms with Crippen LogP contribution in [0.5, 0.6) is 0 Å². The second-order valence-electron chi connectivity index (χ2n) is 11.2. The molecule has 2 aromatic carbocycles. The Balaban J connectivity index is 0.000000338. The quantitative estimate of drug-likeness (QED) is 0.177. The first-order valence-corrected chi connectivity index (χ1v) is 13.0. The number of benzene rings is 2. The monoisotopic (exact) mass is 659 g/mol. The molecule has 0 unspecified atom stereocenters. The third kappa shape index (κ3) is 5.66. The van der Waals surface area contributed by atoms with Crippen LogP contribution in [0, 0.1) is 43.6 Å². The Bertz CT molecular complexity index is 1240. The Morgan fingerprint density at radius 1 is 0.972 bits per heavy atom. The molecule has 4 saturated carbocycles. The standard InChI is InChI=1S/C27H28N.C5H8O2.Ir/c1-16-7-17(2)9-24(8-16)27-25-15-21(4-3-20(25)5-6-28-27)26-22-11-18-10-19(13-22)14-23(26)12-18;1-4(6)3-5(2)7;/h3-8,15,18-19,22-23,26H,10-14H2,1-2H3;3,6H,1-2H3;/q-1;;/b;4-3-;. The van der Waals surface area contributed by atoms with Crippen molar-refractivity contribution in [3.8, 4) is 11.3 Å². The van der Waals surface area contributed by atoms with Crippen LogP contribution >= 0.6 is 0 Å². The molecule has 1 heterocycles. The smallest absolute Gasteiger partial charge is 0.155 e. The molecule has 1 radical (unpaired) electrons. The van der Waals surface area contributed by atoms with Crippen LogP contribution in [0.15, 0.2) is 54.4 Å². The first-order chi connectivity index (χ1) is 16.8. The third-order valence-electron chi connectivity index (χ3n) is 8.22. The van der Waals surface area contributed by atoms with Gasteiger partial charge in [-0.2, -0.15) is 0 Å². The molecule has 0 saturated heterocycles. The Kier molecular flexibility index (Phi) is 8.17. The second-order valence-corrected chi connectivity index (χ2v) is 11.2. The van der Waals surface area contributed by atoms with Crippen molar-refractivity contribution in [2.75, 3.05) is 0 Å². The molecule has 4 heteroatoms. The summed E-state index contributed by atoms with van der Waals surface area (Å²) in [5.74, 6) is 4.60. The van der Waals surface area contributed by atoms with Gasteiger partial charge in [0.1, 0.15) is 0 Å². The van der Waals surface area contributed by atoms with Gasteiger partial charge in [0.05, 0.1) is 5.76 Å². The normalized spacial score (nSPS) is 26.2. The second kappa shape index (κ2) is 11.0. The van der Waals surface area contributed by atoms with E-state index < -0.39 is 0 Å². The van der Waals surface area contributed by atoms with Crippen LogP contribution in [0.25, 0.3) is 22.0 Å².